The van der Waals surface area contributed by atoms with Crippen molar-refractivity contribution in [1.29, 1.82) is 0 Å². The van der Waals surface area contributed by atoms with Gasteiger partial charge in [0.15, 0.2) is 0 Å². The van der Waals surface area contributed by atoms with Crippen molar-refractivity contribution in [1.82, 2.24) is 5.32 Å². The van der Waals surface area contributed by atoms with E-state index in [1.54, 1.807) is 12.3 Å². The average molecular weight is 288 g/mol. The van der Waals surface area contributed by atoms with Crippen molar-refractivity contribution in [2.24, 2.45) is 0 Å². The predicted molar refractivity (Wildman–Crippen MR) is 81.3 cm³/mol. The highest BCUT2D eigenvalue weighted by Crippen LogP contribution is 2.15. The van der Waals surface area contributed by atoms with Gasteiger partial charge in [-0.3, -0.25) is 4.79 Å². The third-order valence-corrected chi connectivity index (χ3v) is 2.82. The van der Waals surface area contributed by atoms with Crippen LogP contribution >= 0.6 is 0 Å². The van der Waals surface area contributed by atoms with Gasteiger partial charge in [-0.05, 0) is 42.8 Å². The maximum Gasteiger partial charge on any atom is 0.239 e. The summed E-state index contributed by atoms with van der Waals surface area (Å²) in [5.41, 5.74) is 0.881. The van der Waals surface area contributed by atoms with E-state index in [-0.39, 0.29) is 12.5 Å². The van der Waals surface area contributed by atoms with Gasteiger partial charge in [0.1, 0.15) is 11.5 Å². The highest BCUT2D eigenvalue weighted by atomic mass is 16.5. The van der Waals surface area contributed by atoms with Gasteiger partial charge in [0.25, 0.3) is 0 Å². The minimum absolute atomic E-state index is 0.0855. The van der Waals surface area contributed by atoms with Crippen molar-refractivity contribution in [3.8, 4) is 5.75 Å². The van der Waals surface area contributed by atoms with E-state index in [4.69, 9.17) is 9.15 Å². The number of benzene rings is 1. The molecule has 0 bridgehead atoms. The molecule has 2 N–H and O–H groups in total. The SMILES string of the molecule is CCCOc1ccc(NCC(=O)NCc2ccco2)cc1. The van der Waals surface area contributed by atoms with Gasteiger partial charge in [-0.15, -0.1) is 0 Å². The number of ether oxygens (including phenoxy) is 1. The molecular weight excluding hydrogens is 268 g/mol. The Hall–Kier alpha value is -2.43. The summed E-state index contributed by atoms with van der Waals surface area (Å²) < 4.78 is 10.6. The Morgan fingerprint density at radius 1 is 1.24 bits per heavy atom. The highest BCUT2D eigenvalue weighted by Gasteiger charge is 2.02. The van der Waals surface area contributed by atoms with Crippen LogP contribution < -0.4 is 15.4 Å². The van der Waals surface area contributed by atoms with E-state index in [1.807, 2.05) is 30.3 Å². The lowest BCUT2D eigenvalue weighted by molar-refractivity contribution is -0.119. The van der Waals surface area contributed by atoms with Crippen LogP contribution in [0.5, 0.6) is 5.75 Å². The van der Waals surface area contributed by atoms with Crippen LogP contribution in [-0.2, 0) is 11.3 Å². The Labute approximate surface area is 124 Å². The molecule has 21 heavy (non-hydrogen) atoms. The molecule has 2 rings (SSSR count). The van der Waals surface area contributed by atoms with Gasteiger partial charge in [-0.25, -0.2) is 0 Å². The number of carbonyl (C=O) groups excluding carboxylic acids is 1. The fourth-order valence-corrected chi connectivity index (χ4v) is 1.73. The third-order valence-electron chi connectivity index (χ3n) is 2.82. The number of carbonyl (C=O) groups is 1. The second kappa shape index (κ2) is 7.99. The second-order valence-electron chi connectivity index (χ2n) is 4.58. The van der Waals surface area contributed by atoms with E-state index in [0.29, 0.717) is 13.2 Å². The van der Waals surface area contributed by atoms with Gasteiger partial charge in [-0.1, -0.05) is 6.92 Å². The molecule has 2 aromatic rings. The number of amides is 1. The minimum atomic E-state index is -0.0855. The van der Waals surface area contributed by atoms with Crippen LogP contribution in [0.2, 0.25) is 0 Å². The summed E-state index contributed by atoms with van der Waals surface area (Å²) in [6.45, 7) is 3.40. The number of nitrogens with one attached hydrogen (secondary N) is 2. The maximum absolute atomic E-state index is 11.7. The van der Waals surface area contributed by atoms with Crippen LogP contribution in [0.15, 0.2) is 47.1 Å². The van der Waals surface area contributed by atoms with Gasteiger partial charge >= 0.3 is 0 Å². The molecule has 1 aromatic carbocycles. The molecule has 112 valence electrons. The fraction of sp³-hybridized carbons (Fsp3) is 0.312. The summed E-state index contributed by atoms with van der Waals surface area (Å²) in [7, 11) is 0. The molecule has 0 aliphatic carbocycles. The summed E-state index contributed by atoms with van der Waals surface area (Å²) in [5.74, 6) is 1.49. The van der Waals surface area contributed by atoms with E-state index in [9.17, 15) is 4.79 Å². The second-order valence-corrected chi connectivity index (χ2v) is 4.58. The number of hydrogen-bond acceptors (Lipinski definition) is 4. The molecule has 0 aliphatic rings. The van der Waals surface area contributed by atoms with Gasteiger partial charge < -0.3 is 19.8 Å². The Balaban J connectivity index is 1.70. The van der Waals surface area contributed by atoms with E-state index in [1.165, 1.54) is 0 Å². The largest absolute Gasteiger partial charge is 0.494 e. The first-order chi connectivity index (χ1) is 10.3. The van der Waals surface area contributed by atoms with E-state index in [2.05, 4.69) is 17.6 Å². The fourth-order valence-electron chi connectivity index (χ4n) is 1.73. The predicted octanol–water partition coefficient (Wildman–Crippen LogP) is 2.80. The lowest BCUT2D eigenvalue weighted by Crippen LogP contribution is -2.29. The first-order valence-corrected chi connectivity index (χ1v) is 7.03. The van der Waals surface area contributed by atoms with Crippen LogP contribution in [0.3, 0.4) is 0 Å². The first-order valence-electron chi connectivity index (χ1n) is 7.03. The lowest BCUT2D eigenvalue weighted by atomic mass is 10.3. The van der Waals surface area contributed by atoms with Gasteiger partial charge in [-0.2, -0.15) is 0 Å². The maximum atomic E-state index is 11.7. The molecule has 5 nitrogen and oxygen atoms in total. The minimum Gasteiger partial charge on any atom is -0.494 e. The summed E-state index contributed by atoms with van der Waals surface area (Å²) in [5, 5.41) is 5.83. The first kappa shape index (κ1) is 15.0. The van der Waals surface area contributed by atoms with E-state index < -0.39 is 0 Å². The molecule has 0 atom stereocenters. The molecule has 5 heteroatoms. The van der Waals surface area contributed by atoms with Crippen LogP contribution in [0.1, 0.15) is 19.1 Å². The van der Waals surface area contributed by atoms with Crippen molar-refractivity contribution < 1.29 is 13.9 Å². The Morgan fingerprint density at radius 2 is 2.05 bits per heavy atom. The molecule has 0 radical (unpaired) electrons. The van der Waals surface area contributed by atoms with Crippen molar-refractivity contribution in [3.63, 3.8) is 0 Å². The molecule has 0 unspecified atom stereocenters. The molecule has 0 saturated carbocycles. The Morgan fingerprint density at radius 3 is 2.71 bits per heavy atom. The summed E-state index contributed by atoms with van der Waals surface area (Å²) >= 11 is 0. The summed E-state index contributed by atoms with van der Waals surface area (Å²) in [6.07, 6.45) is 2.57. The van der Waals surface area contributed by atoms with E-state index >= 15 is 0 Å². The van der Waals surface area contributed by atoms with Crippen molar-refractivity contribution in [2.45, 2.75) is 19.9 Å². The smallest absolute Gasteiger partial charge is 0.239 e. The highest BCUT2D eigenvalue weighted by molar-refractivity contribution is 5.80. The van der Waals surface area contributed by atoms with Gasteiger partial charge in [0.2, 0.25) is 5.91 Å². The zero-order chi connectivity index (χ0) is 14.9. The number of anilines is 1. The Bertz CT molecular complexity index is 535. The molecule has 0 spiro atoms. The monoisotopic (exact) mass is 288 g/mol. The van der Waals surface area contributed by atoms with Crippen molar-refractivity contribution >= 4 is 11.6 Å². The normalized spacial score (nSPS) is 10.1. The Kier molecular flexibility index (Phi) is 5.70. The van der Waals surface area contributed by atoms with Crippen LogP contribution in [0.25, 0.3) is 0 Å². The number of hydrogen-bond donors (Lipinski definition) is 2. The van der Waals surface area contributed by atoms with E-state index in [0.717, 1.165) is 23.6 Å². The zero-order valence-electron chi connectivity index (χ0n) is 12.1. The molecule has 0 fully saturated rings. The average Bonchev–Trinajstić information content (AvgIpc) is 3.03. The summed E-state index contributed by atoms with van der Waals surface area (Å²) in [6, 6.07) is 11.2. The molecule has 1 amide bonds. The molecular formula is C16H20N2O3. The molecule has 0 saturated heterocycles. The quantitative estimate of drug-likeness (QED) is 0.784. The van der Waals surface area contributed by atoms with Crippen LogP contribution in [-0.4, -0.2) is 19.1 Å². The zero-order valence-corrected chi connectivity index (χ0v) is 12.1. The molecule has 1 heterocycles. The molecule has 0 aliphatic heterocycles. The van der Waals surface area contributed by atoms with Crippen molar-refractivity contribution in [3.05, 3.63) is 48.4 Å². The standard InChI is InChI=1S/C16H20N2O3/c1-2-9-20-14-7-5-13(6-8-14)17-12-16(19)18-11-15-4-3-10-21-15/h3-8,10,17H,2,9,11-12H2,1H3,(H,18,19). The number of rotatable bonds is 8. The molecule has 1 aromatic heterocycles. The lowest BCUT2D eigenvalue weighted by Gasteiger charge is -2.08. The summed E-state index contributed by atoms with van der Waals surface area (Å²) in [4.78, 5) is 11.7. The number of furan rings is 1. The van der Waals surface area contributed by atoms with Gasteiger partial charge in [0, 0.05) is 5.69 Å². The van der Waals surface area contributed by atoms with Gasteiger partial charge in [0.05, 0.1) is 26.0 Å². The van der Waals surface area contributed by atoms with Crippen LogP contribution in [0, 0.1) is 0 Å². The van der Waals surface area contributed by atoms with Crippen molar-refractivity contribution in [2.75, 3.05) is 18.5 Å². The van der Waals surface area contributed by atoms with Crippen LogP contribution in [0.4, 0.5) is 5.69 Å². The third kappa shape index (κ3) is 5.22. The topological polar surface area (TPSA) is 63.5 Å².